The molecule has 0 saturated heterocycles. The van der Waals surface area contributed by atoms with Crippen molar-refractivity contribution in [3.05, 3.63) is 65.5 Å². The van der Waals surface area contributed by atoms with Crippen LogP contribution in [0.1, 0.15) is 24.1 Å². The molecule has 0 aliphatic rings. The third-order valence-corrected chi connectivity index (χ3v) is 3.56. The van der Waals surface area contributed by atoms with Crippen LogP contribution in [0.25, 0.3) is 6.08 Å². The van der Waals surface area contributed by atoms with E-state index in [-0.39, 0.29) is 17.8 Å². The zero-order chi connectivity index (χ0) is 17.5. The Morgan fingerprint density at radius 3 is 2.38 bits per heavy atom. The summed E-state index contributed by atoms with van der Waals surface area (Å²) in [6.45, 7) is 1.88. The van der Waals surface area contributed by atoms with E-state index in [1.54, 1.807) is 38.5 Å². The third-order valence-electron chi connectivity index (χ3n) is 3.56. The van der Waals surface area contributed by atoms with Crippen molar-refractivity contribution in [3.63, 3.8) is 0 Å². The average Bonchev–Trinajstić information content (AvgIpc) is 2.60. The van der Waals surface area contributed by atoms with Gasteiger partial charge in [0.25, 0.3) is 0 Å². The van der Waals surface area contributed by atoms with Crippen LogP contribution in [0.2, 0.25) is 0 Å². The average molecular weight is 329 g/mol. The van der Waals surface area contributed by atoms with E-state index < -0.39 is 0 Å². The zero-order valence-corrected chi connectivity index (χ0v) is 13.9. The molecule has 2 aromatic carbocycles. The fourth-order valence-corrected chi connectivity index (χ4v) is 2.21. The lowest BCUT2D eigenvalue weighted by atomic mass is 10.1. The highest BCUT2D eigenvalue weighted by Gasteiger charge is 2.11. The molecule has 126 valence electrons. The van der Waals surface area contributed by atoms with Crippen molar-refractivity contribution in [2.45, 2.75) is 13.0 Å². The molecule has 1 N–H and O–H groups in total. The molecular formula is C19H20FNO3. The first-order valence-electron chi connectivity index (χ1n) is 7.49. The van der Waals surface area contributed by atoms with E-state index in [9.17, 15) is 9.18 Å². The molecule has 0 spiro atoms. The van der Waals surface area contributed by atoms with Crippen molar-refractivity contribution in [2.24, 2.45) is 0 Å². The highest BCUT2D eigenvalue weighted by molar-refractivity contribution is 5.91. The summed E-state index contributed by atoms with van der Waals surface area (Å²) >= 11 is 0. The Kier molecular flexibility index (Phi) is 5.95. The van der Waals surface area contributed by atoms with Crippen LogP contribution in [0.15, 0.2) is 48.5 Å². The molecule has 2 rings (SSSR count). The molecule has 24 heavy (non-hydrogen) atoms. The maximum absolute atomic E-state index is 12.8. The van der Waals surface area contributed by atoms with Gasteiger partial charge in [-0.3, -0.25) is 4.79 Å². The van der Waals surface area contributed by atoms with E-state index in [0.29, 0.717) is 11.5 Å². The molecule has 1 atom stereocenters. The second-order valence-electron chi connectivity index (χ2n) is 5.23. The fourth-order valence-electron chi connectivity index (χ4n) is 2.21. The van der Waals surface area contributed by atoms with Crippen LogP contribution in [0.3, 0.4) is 0 Å². The number of benzene rings is 2. The number of methoxy groups -OCH3 is 2. The van der Waals surface area contributed by atoms with Gasteiger partial charge in [0.1, 0.15) is 5.82 Å². The van der Waals surface area contributed by atoms with E-state index in [1.165, 1.54) is 18.2 Å². The first-order chi connectivity index (χ1) is 11.5. The van der Waals surface area contributed by atoms with Crippen LogP contribution in [0.5, 0.6) is 11.5 Å². The van der Waals surface area contributed by atoms with Crippen molar-refractivity contribution < 1.29 is 18.7 Å². The van der Waals surface area contributed by atoms with Crippen molar-refractivity contribution in [3.8, 4) is 11.5 Å². The lowest BCUT2D eigenvalue weighted by Crippen LogP contribution is -2.24. The van der Waals surface area contributed by atoms with Crippen LogP contribution in [0.4, 0.5) is 4.39 Å². The third kappa shape index (κ3) is 4.59. The van der Waals surface area contributed by atoms with Gasteiger partial charge in [-0.2, -0.15) is 0 Å². The maximum atomic E-state index is 12.8. The molecule has 5 heteroatoms. The van der Waals surface area contributed by atoms with Crippen LogP contribution in [-0.4, -0.2) is 20.1 Å². The van der Waals surface area contributed by atoms with Crippen LogP contribution >= 0.6 is 0 Å². The molecule has 0 aromatic heterocycles. The predicted molar refractivity (Wildman–Crippen MR) is 91.5 cm³/mol. The monoisotopic (exact) mass is 329 g/mol. The molecule has 0 bridgehead atoms. The van der Waals surface area contributed by atoms with Gasteiger partial charge in [-0.15, -0.1) is 0 Å². The summed E-state index contributed by atoms with van der Waals surface area (Å²) in [6, 6.07) is 11.2. The van der Waals surface area contributed by atoms with Gasteiger partial charge in [0.2, 0.25) is 5.91 Å². The van der Waals surface area contributed by atoms with Gasteiger partial charge in [-0.25, -0.2) is 4.39 Å². The van der Waals surface area contributed by atoms with Gasteiger partial charge in [0.15, 0.2) is 11.5 Å². The van der Waals surface area contributed by atoms with Crippen LogP contribution < -0.4 is 14.8 Å². The number of nitrogens with one attached hydrogen (secondary N) is 1. The first-order valence-corrected chi connectivity index (χ1v) is 7.49. The van der Waals surface area contributed by atoms with Gasteiger partial charge in [-0.1, -0.05) is 18.2 Å². The Labute approximate surface area is 140 Å². The fraction of sp³-hybridized carbons (Fsp3) is 0.211. The van der Waals surface area contributed by atoms with E-state index in [4.69, 9.17) is 9.47 Å². The smallest absolute Gasteiger partial charge is 0.244 e. The quantitative estimate of drug-likeness (QED) is 0.822. The van der Waals surface area contributed by atoms with E-state index >= 15 is 0 Å². The second kappa shape index (κ2) is 8.15. The van der Waals surface area contributed by atoms with Gasteiger partial charge in [0, 0.05) is 6.08 Å². The van der Waals surface area contributed by atoms with Crippen LogP contribution in [0, 0.1) is 5.82 Å². The minimum atomic E-state index is -0.307. The largest absolute Gasteiger partial charge is 0.493 e. The van der Waals surface area contributed by atoms with E-state index in [1.807, 2.05) is 19.1 Å². The molecule has 0 unspecified atom stereocenters. The highest BCUT2D eigenvalue weighted by atomic mass is 19.1. The summed E-state index contributed by atoms with van der Waals surface area (Å²) in [5.74, 6) is 0.703. The van der Waals surface area contributed by atoms with Gasteiger partial charge < -0.3 is 14.8 Å². The van der Waals surface area contributed by atoms with Crippen LogP contribution in [-0.2, 0) is 4.79 Å². The zero-order valence-electron chi connectivity index (χ0n) is 13.9. The Balaban J connectivity index is 2.02. The number of halogens is 1. The summed E-state index contributed by atoms with van der Waals surface area (Å²) in [7, 11) is 3.14. The van der Waals surface area contributed by atoms with Crippen molar-refractivity contribution >= 4 is 12.0 Å². The number of carbonyl (C=O) groups excluding carboxylic acids is 1. The van der Waals surface area contributed by atoms with E-state index in [0.717, 1.165) is 11.1 Å². The number of amides is 1. The van der Waals surface area contributed by atoms with E-state index in [2.05, 4.69) is 5.32 Å². The predicted octanol–water partition coefficient (Wildman–Crippen LogP) is 3.73. The minimum absolute atomic E-state index is 0.199. The Morgan fingerprint density at radius 1 is 1.08 bits per heavy atom. The van der Waals surface area contributed by atoms with Gasteiger partial charge in [0.05, 0.1) is 20.3 Å². The summed E-state index contributed by atoms with van der Waals surface area (Å²) in [5.41, 5.74) is 1.65. The molecule has 4 nitrogen and oxygen atoms in total. The molecule has 1 amide bonds. The number of carbonyl (C=O) groups is 1. The Hall–Kier alpha value is -2.82. The SMILES string of the molecule is COc1ccc([C@H](C)NC(=O)/C=C/c2ccc(F)cc2)cc1OC. The lowest BCUT2D eigenvalue weighted by molar-refractivity contribution is -0.117. The van der Waals surface area contributed by atoms with Crippen molar-refractivity contribution in [2.75, 3.05) is 14.2 Å². The number of rotatable bonds is 6. The molecule has 0 fully saturated rings. The number of hydrogen-bond donors (Lipinski definition) is 1. The molecule has 0 aliphatic heterocycles. The lowest BCUT2D eigenvalue weighted by Gasteiger charge is -2.15. The summed E-state index contributed by atoms with van der Waals surface area (Å²) in [6.07, 6.45) is 3.06. The van der Waals surface area contributed by atoms with Gasteiger partial charge in [-0.05, 0) is 48.4 Å². The maximum Gasteiger partial charge on any atom is 0.244 e. The topological polar surface area (TPSA) is 47.6 Å². The second-order valence-corrected chi connectivity index (χ2v) is 5.23. The summed E-state index contributed by atoms with van der Waals surface area (Å²) in [4.78, 5) is 12.0. The van der Waals surface area contributed by atoms with Gasteiger partial charge >= 0.3 is 0 Å². The summed E-state index contributed by atoms with van der Waals surface area (Å²) < 4.78 is 23.3. The molecule has 0 saturated carbocycles. The summed E-state index contributed by atoms with van der Waals surface area (Å²) in [5, 5.41) is 2.87. The standard InChI is InChI=1S/C19H20FNO3/c1-13(15-7-10-17(23-2)18(12-15)24-3)21-19(22)11-6-14-4-8-16(20)9-5-14/h4-13H,1-3H3,(H,21,22)/b11-6+/t13-/m0/s1. The normalized spacial score (nSPS) is 12.0. The molecule has 0 aliphatic carbocycles. The van der Waals surface area contributed by atoms with Crippen molar-refractivity contribution in [1.29, 1.82) is 0 Å². The Bertz CT molecular complexity index is 726. The molecule has 2 aromatic rings. The first kappa shape index (κ1) is 17.5. The molecule has 0 radical (unpaired) electrons. The Morgan fingerprint density at radius 2 is 1.75 bits per heavy atom. The molecule has 0 heterocycles. The highest BCUT2D eigenvalue weighted by Crippen LogP contribution is 2.29. The number of hydrogen-bond acceptors (Lipinski definition) is 3. The molecular weight excluding hydrogens is 309 g/mol. The number of ether oxygens (including phenoxy) is 2. The minimum Gasteiger partial charge on any atom is -0.493 e. The van der Waals surface area contributed by atoms with Crippen molar-refractivity contribution in [1.82, 2.24) is 5.32 Å².